The Morgan fingerprint density at radius 2 is 1.20 bits per heavy atom. The molecule has 144 valence electrons. The Labute approximate surface area is 167 Å². The van der Waals surface area contributed by atoms with Crippen LogP contribution < -0.4 is 5.32 Å². The van der Waals surface area contributed by atoms with Crippen molar-refractivity contribution in [2.75, 3.05) is 26.2 Å². The second-order valence-electron chi connectivity index (χ2n) is 7.81. The van der Waals surface area contributed by atoms with Crippen molar-refractivity contribution in [2.45, 2.75) is 66.3 Å². The molecule has 1 aromatic carbocycles. The van der Waals surface area contributed by atoms with Crippen LogP contribution in [-0.2, 0) is 0 Å². The highest BCUT2D eigenvalue weighted by Crippen LogP contribution is 2.43. The summed E-state index contributed by atoms with van der Waals surface area (Å²) in [5, 5.41) is 3.53. The second kappa shape index (κ2) is 9.60. The molecule has 1 aliphatic carbocycles. The molecule has 1 saturated carbocycles. The third kappa shape index (κ3) is 4.35. The highest BCUT2D eigenvalue weighted by atomic mass is 35.5. The fourth-order valence-corrected chi connectivity index (χ4v) is 4.92. The van der Waals surface area contributed by atoms with Crippen LogP contribution >= 0.6 is 24.8 Å². The lowest BCUT2D eigenvalue weighted by atomic mass is 9.80. The summed E-state index contributed by atoms with van der Waals surface area (Å²) in [6, 6.07) is 0.637. The number of halogens is 2. The lowest BCUT2D eigenvalue weighted by molar-refractivity contribution is 0.124. The van der Waals surface area contributed by atoms with Crippen LogP contribution in [0.4, 0.5) is 0 Å². The van der Waals surface area contributed by atoms with E-state index in [1.807, 2.05) is 0 Å². The first-order valence-electron chi connectivity index (χ1n) is 9.54. The normalized spacial score (nSPS) is 20.0. The van der Waals surface area contributed by atoms with Crippen molar-refractivity contribution < 1.29 is 0 Å². The van der Waals surface area contributed by atoms with E-state index in [4.69, 9.17) is 0 Å². The van der Waals surface area contributed by atoms with E-state index in [1.54, 1.807) is 16.7 Å². The van der Waals surface area contributed by atoms with Gasteiger partial charge in [-0.2, -0.15) is 0 Å². The van der Waals surface area contributed by atoms with Crippen molar-refractivity contribution in [3.05, 3.63) is 33.4 Å². The largest absolute Gasteiger partial charge is 0.314 e. The van der Waals surface area contributed by atoms with Crippen LogP contribution in [0.2, 0.25) is 0 Å². The quantitative estimate of drug-likeness (QED) is 0.766. The molecular formula is C21H36Cl2N2. The van der Waals surface area contributed by atoms with E-state index in [-0.39, 0.29) is 24.8 Å². The molecule has 1 aromatic rings. The van der Waals surface area contributed by atoms with Gasteiger partial charge in [0.15, 0.2) is 0 Å². The highest BCUT2D eigenvalue weighted by Gasteiger charge is 2.34. The van der Waals surface area contributed by atoms with Crippen molar-refractivity contribution in [1.82, 2.24) is 10.2 Å². The number of benzene rings is 1. The van der Waals surface area contributed by atoms with Gasteiger partial charge in [0.05, 0.1) is 0 Å². The van der Waals surface area contributed by atoms with E-state index < -0.39 is 0 Å². The molecule has 1 saturated heterocycles. The molecule has 2 nitrogen and oxygen atoms in total. The zero-order valence-corrected chi connectivity index (χ0v) is 18.2. The summed E-state index contributed by atoms with van der Waals surface area (Å²) >= 11 is 0. The predicted molar refractivity (Wildman–Crippen MR) is 114 cm³/mol. The van der Waals surface area contributed by atoms with Gasteiger partial charge in [-0.25, -0.2) is 0 Å². The second-order valence-corrected chi connectivity index (χ2v) is 7.81. The van der Waals surface area contributed by atoms with Crippen molar-refractivity contribution >= 4 is 24.8 Å². The topological polar surface area (TPSA) is 15.3 Å². The van der Waals surface area contributed by atoms with Crippen LogP contribution in [0.5, 0.6) is 0 Å². The summed E-state index contributed by atoms with van der Waals surface area (Å²) in [5.74, 6) is 0.854. The van der Waals surface area contributed by atoms with Gasteiger partial charge in [-0.1, -0.05) is 12.8 Å². The lowest BCUT2D eigenvalue weighted by Gasteiger charge is -2.41. The molecule has 0 amide bonds. The molecule has 0 radical (unpaired) electrons. The first-order chi connectivity index (χ1) is 11.0. The molecule has 1 atom stereocenters. The van der Waals surface area contributed by atoms with Gasteiger partial charge in [0.2, 0.25) is 0 Å². The van der Waals surface area contributed by atoms with E-state index >= 15 is 0 Å². The smallest absolute Gasteiger partial charge is 0.0382 e. The summed E-state index contributed by atoms with van der Waals surface area (Å²) in [7, 11) is 0. The third-order valence-corrected chi connectivity index (χ3v) is 6.75. The number of rotatable bonds is 3. The van der Waals surface area contributed by atoms with Crippen molar-refractivity contribution in [1.29, 1.82) is 0 Å². The fraction of sp³-hybridized carbons (Fsp3) is 0.714. The van der Waals surface area contributed by atoms with Crippen LogP contribution in [0.15, 0.2) is 0 Å². The molecule has 0 bridgehead atoms. The van der Waals surface area contributed by atoms with E-state index in [0.717, 1.165) is 19.0 Å². The van der Waals surface area contributed by atoms with Crippen LogP contribution in [0, 0.1) is 40.5 Å². The van der Waals surface area contributed by atoms with Gasteiger partial charge in [0, 0.05) is 32.2 Å². The Hall–Kier alpha value is -0.280. The average Bonchev–Trinajstić information content (AvgIpc) is 3.10. The zero-order valence-electron chi connectivity index (χ0n) is 16.6. The Morgan fingerprint density at radius 3 is 1.68 bits per heavy atom. The SMILES string of the molecule is Cc1c(C)c(C)c([C@H](C2CCCC2)N2CCNCC2)c(C)c1C.Cl.Cl. The molecule has 2 fully saturated rings. The number of hydrogen-bond donors (Lipinski definition) is 1. The van der Waals surface area contributed by atoms with Crippen molar-refractivity contribution in [2.24, 2.45) is 5.92 Å². The maximum absolute atomic E-state index is 3.53. The van der Waals surface area contributed by atoms with Gasteiger partial charge in [-0.3, -0.25) is 4.90 Å². The van der Waals surface area contributed by atoms with Crippen molar-refractivity contribution in [3.63, 3.8) is 0 Å². The standard InChI is InChI=1S/C21H34N2.2ClH/c1-14-15(2)17(4)20(18(5)16(14)3)21(19-8-6-7-9-19)23-12-10-22-11-13-23;;/h19,21-22H,6-13H2,1-5H3;2*1H/t21-;;/m0../s1. The minimum absolute atomic E-state index is 0. The Bertz CT molecular complexity index is 545. The third-order valence-electron chi connectivity index (χ3n) is 6.75. The molecule has 25 heavy (non-hydrogen) atoms. The lowest BCUT2D eigenvalue weighted by Crippen LogP contribution is -2.47. The highest BCUT2D eigenvalue weighted by molar-refractivity contribution is 5.85. The number of nitrogens with zero attached hydrogens (tertiary/aromatic N) is 1. The summed E-state index contributed by atoms with van der Waals surface area (Å²) in [5.41, 5.74) is 9.30. The van der Waals surface area contributed by atoms with E-state index in [1.165, 1.54) is 55.5 Å². The summed E-state index contributed by atoms with van der Waals surface area (Å²) < 4.78 is 0. The van der Waals surface area contributed by atoms with E-state index in [0.29, 0.717) is 6.04 Å². The molecule has 1 heterocycles. The minimum atomic E-state index is 0. The molecule has 4 heteroatoms. The van der Waals surface area contributed by atoms with E-state index in [2.05, 4.69) is 44.8 Å². The zero-order chi connectivity index (χ0) is 16.6. The number of hydrogen-bond acceptors (Lipinski definition) is 2. The maximum atomic E-state index is 3.53. The monoisotopic (exact) mass is 386 g/mol. The van der Waals surface area contributed by atoms with Gasteiger partial charge in [0.25, 0.3) is 0 Å². The molecule has 3 rings (SSSR count). The molecule has 1 N–H and O–H groups in total. The minimum Gasteiger partial charge on any atom is -0.314 e. The Kier molecular flexibility index (Phi) is 8.74. The van der Waals surface area contributed by atoms with Crippen LogP contribution in [-0.4, -0.2) is 31.1 Å². The molecule has 0 aromatic heterocycles. The van der Waals surface area contributed by atoms with Crippen LogP contribution in [0.1, 0.15) is 65.1 Å². The first-order valence-corrected chi connectivity index (χ1v) is 9.54. The number of piperazine rings is 1. The average molecular weight is 387 g/mol. The Balaban J connectivity index is 0.00000156. The molecular weight excluding hydrogens is 351 g/mol. The number of nitrogens with one attached hydrogen (secondary N) is 1. The van der Waals surface area contributed by atoms with Gasteiger partial charge in [0.1, 0.15) is 0 Å². The summed E-state index contributed by atoms with van der Waals surface area (Å²) in [6.07, 6.45) is 5.68. The Morgan fingerprint density at radius 1 is 0.760 bits per heavy atom. The predicted octanol–water partition coefficient (Wildman–Crippen LogP) is 5.21. The maximum Gasteiger partial charge on any atom is 0.0382 e. The van der Waals surface area contributed by atoms with Gasteiger partial charge < -0.3 is 5.32 Å². The van der Waals surface area contributed by atoms with Gasteiger partial charge in [-0.15, -0.1) is 24.8 Å². The molecule has 1 aliphatic heterocycles. The molecule has 0 spiro atoms. The molecule has 2 aliphatic rings. The van der Waals surface area contributed by atoms with E-state index in [9.17, 15) is 0 Å². The van der Waals surface area contributed by atoms with Gasteiger partial charge >= 0.3 is 0 Å². The molecule has 0 unspecified atom stereocenters. The van der Waals surface area contributed by atoms with Crippen molar-refractivity contribution in [3.8, 4) is 0 Å². The summed E-state index contributed by atoms with van der Waals surface area (Å²) in [4.78, 5) is 2.79. The first kappa shape index (κ1) is 22.8. The van der Waals surface area contributed by atoms with Crippen LogP contribution in [0.25, 0.3) is 0 Å². The van der Waals surface area contributed by atoms with Crippen LogP contribution in [0.3, 0.4) is 0 Å². The van der Waals surface area contributed by atoms with Gasteiger partial charge in [-0.05, 0) is 86.8 Å². The fourth-order valence-electron chi connectivity index (χ4n) is 4.92. The summed E-state index contributed by atoms with van der Waals surface area (Å²) in [6.45, 7) is 16.4.